The number of fused-ring (bicyclic) bond motifs is 2. The minimum Gasteiger partial charge on any atom is -0.368 e. The lowest BCUT2D eigenvalue weighted by molar-refractivity contribution is 0.0365. The Morgan fingerprint density at radius 2 is 1.53 bits per heavy atom. The largest absolute Gasteiger partial charge is 0.505 e. The molecular weight excluding hydrogens is 412 g/mol. The van der Waals surface area contributed by atoms with E-state index in [-0.39, 0.29) is 18.3 Å². The summed E-state index contributed by atoms with van der Waals surface area (Å²) in [6.07, 6.45) is 22.5. The first-order chi connectivity index (χ1) is 15.6. The fraction of sp³-hybridized carbons (Fsp3) is 0.500. The van der Waals surface area contributed by atoms with Crippen LogP contribution in [0.15, 0.2) is 72.9 Å². The summed E-state index contributed by atoms with van der Waals surface area (Å²) in [5.41, 5.74) is 1.58. The molecule has 0 radical (unpaired) electrons. The second kappa shape index (κ2) is 9.26. The molecule has 7 atom stereocenters. The lowest BCUT2D eigenvalue weighted by Crippen LogP contribution is -2.48. The maximum Gasteiger partial charge on any atom is 0.505 e. The zero-order valence-electron chi connectivity index (χ0n) is 19.5. The molecule has 7 unspecified atom stereocenters. The maximum atomic E-state index is 6.54. The van der Waals surface area contributed by atoms with Gasteiger partial charge in [-0.2, -0.15) is 0 Å². The molecule has 2 aliphatic carbocycles. The van der Waals surface area contributed by atoms with Crippen LogP contribution < -0.4 is 0 Å². The van der Waals surface area contributed by atoms with E-state index >= 15 is 0 Å². The summed E-state index contributed by atoms with van der Waals surface area (Å²) in [5, 5.41) is 0. The van der Waals surface area contributed by atoms with E-state index in [1.165, 1.54) is 12.0 Å². The highest BCUT2D eigenvalue weighted by atomic mass is 28.4. The van der Waals surface area contributed by atoms with Gasteiger partial charge in [0.15, 0.2) is 0 Å². The Kier molecular flexibility index (Phi) is 6.39. The van der Waals surface area contributed by atoms with Gasteiger partial charge in [-0.15, -0.1) is 0 Å². The monoisotopic (exact) mass is 448 g/mol. The van der Waals surface area contributed by atoms with E-state index < -0.39 is 8.80 Å². The van der Waals surface area contributed by atoms with Gasteiger partial charge in [-0.3, -0.25) is 0 Å². The van der Waals surface area contributed by atoms with Gasteiger partial charge in [0.2, 0.25) is 0 Å². The molecule has 0 N–H and O–H groups in total. The summed E-state index contributed by atoms with van der Waals surface area (Å²) in [5.74, 6) is 2.10. The molecule has 170 valence electrons. The Morgan fingerprint density at radius 3 is 2.22 bits per heavy atom. The van der Waals surface area contributed by atoms with Crippen molar-refractivity contribution in [2.45, 2.75) is 63.9 Å². The van der Waals surface area contributed by atoms with E-state index in [1.807, 2.05) is 0 Å². The quantitative estimate of drug-likeness (QED) is 0.363. The van der Waals surface area contributed by atoms with Gasteiger partial charge in [-0.25, -0.2) is 0 Å². The minimum atomic E-state index is -2.66. The molecule has 4 heteroatoms. The highest BCUT2D eigenvalue weighted by Crippen LogP contribution is 2.55. The van der Waals surface area contributed by atoms with Crippen molar-refractivity contribution < 1.29 is 13.3 Å². The molecule has 1 aromatic carbocycles. The molecule has 1 aromatic rings. The van der Waals surface area contributed by atoms with E-state index in [9.17, 15) is 0 Å². The van der Waals surface area contributed by atoms with Gasteiger partial charge in [-0.1, -0.05) is 78.9 Å². The first-order valence-corrected chi connectivity index (χ1v) is 14.1. The number of allylic oxidation sites excluding steroid dienone is 7. The van der Waals surface area contributed by atoms with Crippen LogP contribution in [0.3, 0.4) is 0 Å². The molecule has 4 aliphatic rings. The first kappa shape index (κ1) is 22.1. The summed E-state index contributed by atoms with van der Waals surface area (Å²) in [7, 11) is -2.66. The van der Waals surface area contributed by atoms with Crippen molar-refractivity contribution in [1.82, 2.24) is 0 Å². The Bertz CT molecular complexity index is 893. The first-order valence-electron chi connectivity index (χ1n) is 12.3. The second-order valence-corrected chi connectivity index (χ2v) is 12.6. The van der Waals surface area contributed by atoms with Crippen LogP contribution in [0.5, 0.6) is 0 Å². The second-order valence-electron chi connectivity index (χ2n) is 9.96. The molecule has 1 saturated carbocycles. The van der Waals surface area contributed by atoms with Crippen molar-refractivity contribution in [2.24, 2.45) is 23.7 Å². The molecule has 0 aromatic heterocycles. The SMILES string of the molecule is C/C=C/C1C=CC(/C=C/C2CC(/C=C/c3ccccc3)C([Si]34OC(C)C(O3)C(C)O4)C2)C1. The van der Waals surface area contributed by atoms with Crippen LogP contribution in [0.4, 0.5) is 0 Å². The van der Waals surface area contributed by atoms with Gasteiger partial charge in [0.05, 0.1) is 18.3 Å². The lowest BCUT2D eigenvalue weighted by Gasteiger charge is -2.32. The zero-order chi connectivity index (χ0) is 22.1. The maximum absolute atomic E-state index is 6.54. The van der Waals surface area contributed by atoms with Gasteiger partial charge in [0.1, 0.15) is 0 Å². The van der Waals surface area contributed by atoms with Gasteiger partial charge in [0.25, 0.3) is 0 Å². The third-order valence-electron chi connectivity index (χ3n) is 7.58. The van der Waals surface area contributed by atoms with Crippen LogP contribution in [-0.2, 0) is 13.3 Å². The van der Waals surface area contributed by atoms with E-state index in [2.05, 4.69) is 99.7 Å². The van der Waals surface area contributed by atoms with Gasteiger partial charge >= 0.3 is 8.80 Å². The van der Waals surface area contributed by atoms with Crippen molar-refractivity contribution in [2.75, 3.05) is 0 Å². The van der Waals surface area contributed by atoms with Crippen molar-refractivity contribution in [3.63, 3.8) is 0 Å². The molecule has 0 spiro atoms. The molecule has 2 saturated heterocycles. The average Bonchev–Trinajstić information content (AvgIpc) is 3.54. The molecule has 32 heavy (non-hydrogen) atoms. The zero-order valence-corrected chi connectivity index (χ0v) is 20.5. The Hall–Kier alpha value is -1.72. The molecule has 3 nitrogen and oxygen atoms in total. The van der Waals surface area contributed by atoms with Crippen molar-refractivity contribution >= 4 is 14.9 Å². The van der Waals surface area contributed by atoms with Crippen molar-refractivity contribution in [3.8, 4) is 0 Å². The summed E-state index contributed by atoms with van der Waals surface area (Å²) < 4.78 is 19.5. The van der Waals surface area contributed by atoms with Crippen LogP contribution in [0, 0.1) is 23.7 Å². The third kappa shape index (κ3) is 4.38. The van der Waals surface area contributed by atoms with Crippen molar-refractivity contribution in [3.05, 3.63) is 78.4 Å². The van der Waals surface area contributed by atoms with Gasteiger partial charge in [-0.05, 0) is 69.3 Å². The standard InChI is InChI=1S/C28H36O3Si/c1-4-8-23-11-12-24(17-23)13-14-25-18-26(16-15-22-9-6-5-7-10-22)27(19-25)32-29-20(2)28(31-32)21(3)30-32/h4-16,20-21,23-28H,17-19H2,1-3H3/b8-4+,14-13+,16-15+. The molecule has 2 aliphatic heterocycles. The molecular formula is C28H36O3Si. The van der Waals surface area contributed by atoms with Crippen LogP contribution in [0.25, 0.3) is 6.08 Å². The van der Waals surface area contributed by atoms with E-state index in [0.717, 1.165) is 12.8 Å². The molecule has 2 bridgehead atoms. The Balaban J connectivity index is 1.33. The van der Waals surface area contributed by atoms with Crippen LogP contribution in [-0.4, -0.2) is 27.1 Å². The smallest absolute Gasteiger partial charge is 0.368 e. The topological polar surface area (TPSA) is 27.7 Å². The molecule has 2 heterocycles. The summed E-state index contributed by atoms with van der Waals surface area (Å²) in [6.45, 7) is 6.40. The summed E-state index contributed by atoms with van der Waals surface area (Å²) in [6, 6.07) is 10.6. The third-order valence-corrected chi connectivity index (χ3v) is 11.2. The highest BCUT2D eigenvalue weighted by molar-refractivity contribution is 6.64. The number of benzene rings is 1. The van der Waals surface area contributed by atoms with Gasteiger partial charge in [0, 0.05) is 5.54 Å². The van der Waals surface area contributed by atoms with Crippen LogP contribution >= 0.6 is 0 Å². The van der Waals surface area contributed by atoms with E-state index in [4.69, 9.17) is 13.3 Å². The van der Waals surface area contributed by atoms with Crippen LogP contribution in [0.1, 0.15) is 45.6 Å². The number of hydrogen-bond acceptors (Lipinski definition) is 3. The van der Waals surface area contributed by atoms with Crippen LogP contribution in [0.2, 0.25) is 5.54 Å². The van der Waals surface area contributed by atoms with Crippen molar-refractivity contribution in [1.29, 1.82) is 0 Å². The molecule has 5 rings (SSSR count). The number of rotatable bonds is 6. The fourth-order valence-electron chi connectivity index (χ4n) is 6.04. The van der Waals surface area contributed by atoms with E-state index in [1.54, 1.807) is 0 Å². The predicted molar refractivity (Wildman–Crippen MR) is 132 cm³/mol. The Labute approximate surface area is 194 Å². The number of hydrogen-bond donors (Lipinski definition) is 0. The Morgan fingerprint density at radius 1 is 0.812 bits per heavy atom. The minimum absolute atomic E-state index is 0.0993. The predicted octanol–water partition coefficient (Wildman–Crippen LogP) is 6.58. The fourth-order valence-corrected chi connectivity index (χ4v) is 10.2. The average molecular weight is 449 g/mol. The normalized spacial score (nSPS) is 43.6. The highest BCUT2D eigenvalue weighted by Gasteiger charge is 2.67. The molecule has 3 fully saturated rings. The van der Waals surface area contributed by atoms with E-state index in [0.29, 0.717) is 29.2 Å². The summed E-state index contributed by atoms with van der Waals surface area (Å²) in [4.78, 5) is 0. The summed E-state index contributed by atoms with van der Waals surface area (Å²) >= 11 is 0. The lowest BCUT2D eigenvalue weighted by atomic mass is 9.98. The molecule has 0 amide bonds. The van der Waals surface area contributed by atoms with Gasteiger partial charge < -0.3 is 13.3 Å².